The quantitative estimate of drug-likeness (QED) is 0.740. The highest BCUT2D eigenvalue weighted by atomic mass is 16.3. The van der Waals surface area contributed by atoms with E-state index in [1.165, 1.54) is 51.6 Å². The van der Waals surface area contributed by atoms with Crippen LogP contribution in [0.3, 0.4) is 0 Å². The lowest BCUT2D eigenvalue weighted by Crippen LogP contribution is -2.47. The maximum atomic E-state index is 9.71. The van der Waals surface area contributed by atoms with Crippen molar-refractivity contribution in [3.05, 3.63) is 0 Å². The Hall–Kier alpha value is -0.120. The topological polar surface area (TPSA) is 35.5 Å². The molecule has 0 unspecified atom stereocenters. The Morgan fingerprint density at radius 1 is 1.10 bits per heavy atom. The Bertz CT molecular complexity index is 277. The van der Waals surface area contributed by atoms with Gasteiger partial charge in [0.1, 0.15) is 0 Å². The van der Waals surface area contributed by atoms with Crippen molar-refractivity contribution in [2.24, 2.45) is 11.3 Å². The summed E-state index contributed by atoms with van der Waals surface area (Å²) in [5.74, 6) is 0.734. The van der Waals surface area contributed by atoms with Crippen molar-refractivity contribution >= 4 is 0 Å². The van der Waals surface area contributed by atoms with Crippen molar-refractivity contribution in [3.8, 4) is 0 Å². The lowest BCUT2D eigenvalue weighted by Gasteiger charge is -2.40. The average Bonchev–Trinajstić information content (AvgIpc) is 2.67. The molecule has 0 aromatic carbocycles. The monoisotopic (exact) mass is 296 g/mol. The molecule has 1 aliphatic heterocycles. The summed E-state index contributed by atoms with van der Waals surface area (Å²) < 4.78 is 0. The standard InChI is InChI=1S/C18H36N2O/c1-16(2)13-19-14-18(9-5-3-4-6-10-18)15-20-11-7-17(21)8-12-20/h16-17,19,21H,3-15H2,1-2H3. The second kappa shape index (κ2) is 8.50. The molecule has 2 rings (SSSR count). The highest BCUT2D eigenvalue weighted by Crippen LogP contribution is 2.36. The number of piperidine rings is 1. The fraction of sp³-hybridized carbons (Fsp3) is 1.00. The Labute approximate surface area is 131 Å². The van der Waals surface area contributed by atoms with Crippen LogP contribution in [0.15, 0.2) is 0 Å². The van der Waals surface area contributed by atoms with Gasteiger partial charge in [-0.2, -0.15) is 0 Å². The smallest absolute Gasteiger partial charge is 0.0564 e. The summed E-state index contributed by atoms with van der Waals surface area (Å²) in [5.41, 5.74) is 0.480. The maximum Gasteiger partial charge on any atom is 0.0564 e. The van der Waals surface area contributed by atoms with Crippen LogP contribution in [0.2, 0.25) is 0 Å². The van der Waals surface area contributed by atoms with E-state index in [1.54, 1.807) is 0 Å². The zero-order valence-electron chi connectivity index (χ0n) is 14.2. The second-order valence-corrected chi connectivity index (χ2v) is 7.95. The number of likely N-dealkylation sites (tertiary alicyclic amines) is 1. The van der Waals surface area contributed by atoms with E-state index in [9.17, 15) is 5.11 Å². The average molecular weight is 296 g/mol. The Balaban J connectivity index is 1.90. The molecule has 124 valence electrons. The van der Waals surface area contributed by atoms with E-state index in [0.717, 1.165) is 38.4 Å². The van der Waals surface area contributed by atoms with Crippen LogP contribution in [0.5, 0.6) is 0 Å². The Kier molecular flexibility index (Phi) is 6.97. The fourth-order valence-electron chi connectivity index (χ4n) is 4.05. The third kappa shape index (κ3) is 5.88. The fourth-order valence-corrected chi connectivity index (χ4v) is 4.05. The summed E-state index contributed by atoms with van der Waals surface area (Å²) in [7, 11) is 0. The van der Waals surface area contributed by atoms with E-state index in [4.69, 9.17) is 0 Å². The van der Waals surface area contributed by atoms with Gasteiger partial charge in [0.15, 0.2) is 0 Å². The van der Waals surface area contributed by atoms with Gasteiger partial charge in [-0.05, 0) is 43.6 Å². The predicted molar refractivity (Wildman–Crippen MR) is 89.5 cm³/mol. The van der Waals surface area contributed by atoms with Crippen LogP contribution >= 0.6 is 0 Å². The molecule has 21 heavy (non-hydrogen) atoms. The van der Waals surface area contributed by atoms with Crippen LogP contribution < -0.4 is 5.32 Å². The van der Waals surface area contributed by atoms with Gasteiger partial charge in [-0.25, -0.2) is 0 Å². The van der Waals surface area contributed by atoms with Crippen LogP contribution in [0.4, 0.5) is 0 Å². The molecule has 0 aromatic rings. The van der Waals surface area contributed by atoms with Gasteiger partial charge >= 0.3 is 0 Å². The molecule has 1 aliphatic carbocycles. The lowest BCUT2D eigenvalue weighted by molar-refractivity contribution is 0.0503. The highest BCUT2D eigenvalue weighted by Gasteiger charge is 2.33. The van der Waals surface area contributed by atoms with Crippen LogP contribution in [0.25, 0.3) is 0 Å². The third-order valence-electron chi connectivity index (χ3n) is 5.33. The number of hydrogen-bond donors (Lipinski definition) is 2. The summed E-state index contributed by atoms with van der Waals surface area (Å²) >= 11 is 0. The molecule has 1 heterocycles. The number of rotatable bonds is 6. The predicted octanol–water partition coefficient (Wildman–Crippen LogP) is 3.03. The molecule has 3 heteroatoms. The Morgan fingerprint density at radius 3 is 2.29 bits per heavy atom. The zero-order valence-corrected chi connectivity index (χ0v) is 14.2. The molecule has 1 saturated heterocycles. The van der Waals surface area contributed by atoms with Gasteiger partial charge in [0.25, 0.3) is 0 Å². The van der Waals surface area contributed by atoms with Crippen LogP contribution in [-0.4, -0.2) is 48.8 Å². The molecule has 3 nitrogen and oxygen atoms in total. The van der Waals surface area contributed by atoms with E-state index in [2.05, 4.69) is 24.1 Å². The number of nitrogens with zero attached hydrogens (tertiary/aromatic N) is 1. The lowest BCUT2D eigenvalue weighted by atomic mass is 9.79. The molecule has 0 radical (unpaired) electrons. The third-order valence-corrected chi connectivity index (χ3v) is 5.33. The van der Waals surface area contributed by atoms with Crippen molar-refractivity contribution in [2.45, 2.75) is 71.3 Å². The number of aliphatic hydroxyl groups excluding tert-OH is 1. The molecule has 0 aromatic heterocycles. The molecule has 2 fully saturated rings. The van der Waals surface area contributed by atoms with E-state index in [-0.39, 0.29) is 6.10 Å². The minimum atomic E-state index is -0.0506. The normalized spacial score (nSPS) is 25.1. The molecular weight excluding hydrogens is 260 g/mol. The van der Waals surface area contributed by atoms with E-state index in [0.29, 0.717) is 5.41 Å². The molecule has 0 amide bonds. The largest absolute Gasteiger partial charge is 0.393 e. The van der Waals surface area contributed by atoms with Gasteiger partial charge in [-0.15, -0.1) is 0 Å². The summed E-state index contributed by atoms with van der Waals surface area (Å²) in [5, 5.41) is 13.5. The molecule has 2 N–H and O–H groups in total. The molecule has 2 aliphatic rings. The van der Waals surface area contributed by atoms with Crippen molar-refractivity contribution in [1.29, 1.82) is 0 Å². The van der Waals surface area contributed by atoms with E-state index >= 15 is 0 Å². The van der Waals surface area contributed by atoms with Gasteiger partial charge in [-0.1, -0.05) is 39.5 Å². The first-order chi connectivity index (χ1) is 10.1. The van der Waals surface area contributed by atoms with Gasteiger partial charge < -0.3 is 15.3 Å². The summed E-state index contributed by atoms with van der Waals surface area (Å²) in [6, 6.07) is 0. The number of nitrogens with one attached hydrogen (secondary N) is 1. The Morgan fingerprint density at radius 2 is 1.71 bits per heavy atom. The number of aliphatic hydroxyl groups is 1. The molecule has 0 spiro atoms. The van der Waals surface area contributed by atoms with Gasteiger partial charge in [0, 0.05) is 26.2 Å². The van der Waals surface area contributed by atoms with Gasteiger partial charge in [0.2, 0.25) is 0 Å². The zero-order chi connectivity index (χ0) is 15.1. The molecule has 0 bridgehead atoms. The number of hydrogen-bond acceptors (Lipinski definition) is 3. The molecule has 1 saturated carbocycles. The SMILES string of the molecule is CC(C)CNCC1(CN2CCC(O)CC2)CCCCCC1. The molecular formula is C18H36N2O. The van der Waals surface area contributed by atoms with Crippen molar-refractivity contribution < 1.29 is 5.11 Å². The summed E-state index contributed by atoms with van der Waals surface area (Å²) in [6.45, 7) is 10.3. The van der Waals surface area contributed by atoms with Crippen LogP contribution in [0.1, 0.15) is 65.2 Å². The van der Waals surface area contributed by atoms with Crippen LogP contribution in [0, 0.1) is 11.3 Å². The minimum Gasteiger partial charge on any atom is -0.393 e. The first-order valence-corrected chi connectivity index (χ1v) is 9.21. The molecule has 0 atom stereocenters. The highest BCUT2D eigenvalue weighted by molar-refractivity contribution is 4.88. The van der Waals surface area contributed by atoms with Crippen molar-refractivity contribution in [2.75, 3.05) is 32.7 Å². The first-order valence-electron chi connectivity index (χ1n) is 9.21. The van der Waals surface area contributed by atoms with Crippen molar-refractivity contribution in [1.82, 2.24) is 10.2 Å². The summed E-state index contributed by atoms with van der Waals surface area (Å²) in [4.78, 5) is 2.62. The second-order valence-electron chi connectivity index (χ2n) is 7.95. The summed E-state index contributed by atoms with van der Waals surface area (Å²) in [6.07, 6.45) is 10.3. The first kappa shape index (κ1) is 17.2. The van der Waals surface area contributed by atoms with Gasteiger partial charge in [-0.3, -0.25) is 0 Å². The van der Waals surface area contributed by atoms with Gasteiger partial charge in [0.05, 0.1) is 6.10 Å². The van der Waals surface area contributed by atoms with E-state index in [1.807, 2.05) is 0 Å². The van der Waals surface area contributed by atoms with Crippen LogP contribution in [-0.2, 0) is 0 Å². The van der Waals surface area contributed by atoms with Crippen molar-refractivity contribution in [3.63, 3.8) is 0 Å². The maximum absolute atomic E-state index is 9.71. The minimum absolute atomic E-state index is 0.0506. The van der Waals surface area contributed by atoms with E-state index < -0.39 is 0 Å².